The number of ether oxygens (including phenoxy) is 1. The van der Waals surface area contributed by atoms with Gasteiger partial charge in [0.2, 0.25) is 5.91 Å². The van der Waals surface area contributed by atoms with Gasteiger partial charge in [-0.1, -0.05) is 42.5 Å². The summed E-state index contributed by atoms with van der Waals surface area (Å²) in [6.45, 7) is 6.81. The lowest BCUT2D eigenvalue weighted by molar-refractivity contribution is -0.157. The number of hydrogen-bond acceptors (Lipinski definition) is 3. The van der Waals surface area contributed by atoms with E-state index in [1.165, 1.54) is 0 Å². The number of allylic oxidation sites excluding steroid dienone is 2. The lowest BCUT2D eigenvalue weighted by Crippen LogP contribution is -2.53. The first-order valence-corrected chi connectivity index (χ1v) is 10.7. The van der Waals surface area contributed by atoms with Crippen LogP contribution in [0.3, 0.4) is 0 Å². The smallest absolute Gasteiger partial charge is 0.307 e. The molecular formula is C24H31NO4. The first-order chi connectivity index (χ1) is 13.8. The molecule has 1 aliphatic heterocycles. The molecule has 1 amide bonds. The van der Waals surface area contributed by atoms with Gasteiger partial charge in [-0.05, 0) is 57.4 Å². The molecule has 1 heterocycles. The molecule has 0 spiro atoms. The van der Waals surface area contributed by atoms with Gasteiger partial charge in [0.1, 0.15) is 0 Å². The second-order valence-corrected chi connectivity index (χ2v) is 9.43. The Morgan fingerprint density at radius 1 is 1.14 bits per heavy atom. The van der Waals surface area contributed by atoms with E-state index < -0.39 is 17.8 Å². The van der Waals surface area contributed by atoms with Crippen LogP contribution in [0, 0.1) is 23.7 Å². The number of hydrogen-bond donors (Lipinski definition) is 1. The molecule has 5 nitrogen and oxygen atoms in total. The lowest BCUT2D eigenvalue weighted by Gasteiger charge is -2.45. The summed E-state index contributed by atoms with van der Waals surface area (Å²) < 4.78 is 5.90. The van der Waals surface area contributed by atoms with E-state index in [1.54, 1.807) is 0 Å². The molecule has 1 N–H and O–H groups in total. The third kappa shape index (κ3) is 3.73. The number of carbonyl (C=O) groups is 2. The highest BCUT2D eigenvalue weighted by atomic mass is 16.5. The van der Waals surface area contributed by atoms with Crippen LogP contribution in [0.1, 0.15) is 51.6 Å². The maximum atomic E-state index is 14.0. The van der Waals surface area contributed by atoms with Crippen LogP contribution in [-0.2, 0) is 14.3 Å². The van der Waals surface area contributed by atoms with Crippen molar-refractivity contribution < 1.29 is 19.4 Å². The molecule has 1 saturated heterocycles. The molecule has 2 aliphatic carbocycles. The Bertz CT molecular complexity index is 802. The molecule has 29 heavy (non-hydrogen) atoms. The first kappa shape index (κ1) is 20.1. The number of nitrogens with zero attached hydrogens (tertiary/aromatic N) is 1. The molecule has 1 aromatic carbocycles. The molecule has 4 rings (SSSR count). The summed E-state index contributed by atoms with van der Waals surface area (Å²) in [5, 5.41) is 9.86. The van der Waals surface area contributed by atoms with Crippen LogP contribution in [0.25, 0.3) is 0 Å². The maximum absolute atomic E-state index is 14.0. The standard InChI is InChI=1S/C24H31NO4/c1-15(16-7-5-4-6-8-16)25(19-11-12-29-24(2,3)14-19)22(26)20-17-9-10-18(13-17)21(20)23(27)28/h4-10,15,17-21H,11-14H2,1-3H3,(H,27,28)/t15-,17-,18-,19-,20+,21-/m1/s1. The van der Waals surface area contributed by atoms with E-state index in [2.05, 4.69) is 26.8 Å². The van der Waals surface area contributed by atoms with E-state index in [4.69, 9.17) is 4.74 Å². The number of carboxylic acid groups (broad SMARTS) is 1. The second-order valence-electron chi connectivity index (χ2n) is 9.43. The van der Waals surface area contributed by atoms with Crippen molar-refractivity contribution in [3.8, 4) is 0 Å². The fraction of sp³-hybridized carbons (Fsp3) is 0.583. The molecule has 1 aromatic rings. The Kier molecular flexibility index (Phi) is 5.28. The Balaban J connectivity index is 1.69. The number of carbonyl (C=O) groups excluding carboxylic acids is 1. The van der Waals surface area contributed by atoms with Crippen molar-refractivity contribution in [3.05, 3.63) is 48.0 Å². The molecule has 1 saturated carbocycles. The van der Waals surface area contributed by atoms with E-state index in [1.807, 2.05) is 41.3 Å². The molecule has 5 heteroatoms. The summed E-state index contributed by atoms with van der Waals surface area (Å²) in [5.41, 5.74) is 0.786. The number of carboxylic acids is 1. The van der Waals surface area contributed by atoms with Crippen LogP contribution in [0.2, 0.25) is 0 Å². The zero-order valence-corrected chi connectivity index (χ0v) is 17.5. The Labute approximate surface area is 172 Å². The van der Waals surface area contributed by atoms with Crippen molar-refractivity contribution >= 4 is 11.9 Å². The summed E-state index contributed by atoms with van der Waals surface area (Å²) in [7, 11) is 0. The molecule has 3 aliphatic rings. The van der Waals surface area contributed by atoms with Crippen molar-refractivity contribution in [2.45, 2.75) is 57.7 Å². The van der Waals surface area contributed by atoms with Crippen LogP contribution < -0.4 is 0 Å². The summed E-state index contributed by atoms with van der Waals surface area (Å²) >= 11 is 0. The number of aliphatic carboxylic acids is 1. The minimum atomic E-state index is -0.847. The largest absolute Gasteiger partial charge is 0.481 e. The van der Waals surface area contributed by atoms with E-state index in [-0.39, 0.29) is 35.4 Å². The van der Waals surface area contributed by atoms with E-state index in [0.29, 0.717) is 6.61 Å². The predicted molar refractivity (Wildman–Crippen MR) is 110 cm³/mol. The van der Waals surface area contributed by atoms with E-state index >= 15 is 0 Å². The highest BCUT2D eigenvalue weighted by Crippen LogP contribution is 2.50. The normalized spacial score (nSPS) is 33.4. The molecule has 2 bridgehead atoms. The minimum Gasteiger partial charge on any atom is -0.481 e. The van der Waals surface area contributed by atoms with Crippen molar-refractivity contribution in [3.63, 3.8) is 0 Å². The van der Waals surface area contributed by atoms with Crippen LogP contribution >= 0.6 is 0 Å². The third-order valence-corrected chi connectivity index (χ3v) is 7.05. The third-order valence-electron chi connectivity index (χ3n) is 7.05. The molecule has 6 atom stereocenters. The van der Waals surface area contributed by atoms with Crippen LogP contribution in [0.5, 0.6) is 0 Å². The molecule has 156 valence electrons. The van der Waals surface area contributed by atoms with Gasteiger partial charge in [0.15, 0.2) is 0 Å². The van der Waals surface area contributed by atoms with Crippen LogP contribution in [0.4, 0.5) is 0 Å². The monoisotopic (exact) mass is 397 g/mol. The first-order valence-electron chi connectivity index (χ1n) is 10.7. The van der Waals surface area contributed by atoms with Crippen molar-refractivity contribution in [2.24, 2.45) is 23.7 Å². The van der Waals surface area contributed by atoms with Gasteiger partial charge in [0.25, 0.3) is 0 Å². The van der Waals surface area contributed by atoms with Gasteiger partial charge in [-0.15, -0.1) is 0 Å². The predicted octanol–water partition coefficient (Wildman–Crippen LogP) is 4.06. The molecule has 0 aromatic heterocycles. The average molecular weight is 398 g/mol. The molecule has 0 unspecified atom stereocenters. The number of fused-ring (bicyclic) bond motifs is 2. The molecule has 0 radical (unpaired) electrons. The van der Waals surface area contributed by atoms with Crippen LogP contribution in [-0.4, -0.2) is 40.1 Å². The minimum absolute atomic E-state index is 0.00620. The maximum Gasteiger partial charge on any atom is 0.307 e. The number of rotatable bonds is 5. The molecular weight excluding hydrogens is 366 g/mol. The summed E-state index contributed by atoms with van der Waals surface area (Å²) in [6.07, 6.45) is 6.37. The van der Waals surface area contributed by atoms with Crippen molar-refractivity contribution in [1.29, 1.82) is 0 Å². The number of benzene rings is 1. The number of amides is 1. The van der Waals surface area contributed by atoms with Gasteiger partial charge >= 0.3 is 5.97 Å². The van der Waals surface area contributed by atoms with E-state index in [0.717, 1.165) is 24.8 Å². The zero-order chi connectivity index (χ0) is 20.8. The Hall–Kier alpha value is -2.14. The highest BCUT2D eigenvalue weighted by molar-refractivity contribution is 5.87. The fourth-order valence-corrected chi connectivity index (χ4v) is 5.68. The van der Waals surface area contributed by atoms with Gasteiger partial charge in [-0.25, -0.2) is 0 Å². The van der Waals surface area contributed by atoms with Gasteiger partial charge in [0, 0.05) is 12.6 Å². The van der Waals surface area contributed by atoms with Crippen molar-refractivity contribution in [2.75, 3.05) is 6.61 Å². The Morgan fingerprint density at radius 3 is 2.41 bits per heavy atom. The summed E-state index contributed by atoms with van der Waals surface area (Å²) in [4.78, 5) is 28.0. The van der Waals surface area contributed by atoms with Crippen molar-refractivity contribution in [1.82, 2.24) is 4.90 Å². The summed E-state index contributed by atoms with van der Waals surface area (Å²) in [5.74, 6) is -1.93. The highest BCUT2D eigenvalue weighted by Gasteiger charge is 2.54. The van der Waals surface area contributed by atoms with Gasteiger partial charge in [-0.3, -0.25) is 9.59 Å². The quantitative estimate of drug-likeness (QED) is 0.761. The average Bonchev–Trinajstić information content (AvgIpc) is 3.29. The lowest BCUT2D eigenvalue weighted by atomic mass is 9.80. The topological polar surface area (TPSA) is 66.8 Å². The van der Waals surface area contributed by atoms with E-state index in [9.17, 15) is 14.7 Å². The molecule has 2 fully saturated rings. The van der Waals surface area contributed by atoms with Gasteiger partial charge in [0.05, 0.1) is 23.5 Å². The second kappa shape index (κ2) is 7.60. The van der Waals surface area contributed by atoms with Gasteiger partial charge in [-0.2, -0.15) is 0 Å². The Morgan fingerprint density at radius 2 is 1.79 bits per heavy atom. The fourth-order valence-electron chi connectivity index (χ4n) is 5.68. The van der Waals surface area contributed by atoms with Gasteiger partial charge < -0.3 is 14.7 Å². The zero-order valence-electron chi connectivity index (χ0n) is 17.5. The summed E-state index contributed by atoms with van der Waals surface area (Å²) in [6, 6.07) is 9.97. The SMILES string of the molecule is C[C@H](c1ccccc1)N(C(=O)[C@@H]1[C@H](C(=O)O)[C@@H]2C=C[C@@H]1C2)[C@@H]1CCOC(C)(C)C1. The van der Waals surface area contributed by atoms with Crippen LogP contribution in [0.15, 0.2) is 42.5 Å².